The molecule has 1 heterocycles. The molecule has 2 rings (SSSR count). The zero-order valence-electron chi connectivity index (χ0n) is 11.7. The number of nitrogen functional groups attached to an aromatic ring is 1. The normalized spacial score (nSPS) is 29.9. The fourth-order valence-electron chi connectivity index (χ4n) is 3.26. The summed E-state index contributed by atoms with van der Waals surface area (Å²) in [5, 5.41) is 11.5. The van der Waals surface area contributed by atoms with Gasteiger partial charge in [-0.2, -0.15) is 0 Å². The van der Waals surface area contributed by atoms with Gasteiger partial charge in [-0.15, -0.1) is 0 Å². The lowest BCUT2D eigenvalue weighted by atomic mass is 9.74. The van der Waals surface area contributed by atoms with Gasteiger partial charge in [0, 0.05) is 13.3 Å². The summed E-state index contributed by atoms with van der Waals surface area (Å²) in [6.07, 6.45) is 3.84. The van der Waals surface area contributed by atoms with E-state index in [1.165, 1.54) is 0 Å². The first-order chi connectivity index (χ1) is 9.52. The Kier molecular flexibility index (Phi) is 4.44. The minimum atomic E-state index is -1.02. The number of nitrogens with one attached hydrogen (secondary N) is 1. The molecule has 0 spiro atoms. The summed E-state index contributed by atoms with van der Waals surface area (Å²) < 4.78 is 5.46. The molecule has 1 aliphatic carbocycles. The summed E-state index contributed by atoms with van der Waals surface area (Å²) in [7, 11) is 1.62. The van der Waals surface area contributed by atoms with Gasteiger partial charge in [0.1, 0.15) is 0 Å². The molecule has 1 fully saturated rings. The lowest BCUT2D eigenvalue weighted by Gasteiger charge is -2.40. The van der Waals surface area contributed by atoms with Gasteiger partial charge in [-0.3, -0.25) is 4.98 Å². The smallest absolute Gasteiger partial charge is 0.404 e. The molecular formula is C14H21N3O3. The van der Waals surface area contributed by atoms with Crippen LogP contribution < -0.4 is 11.1 Å². The summed E-state index contributed by atoms with van der Waals surface area (Å²) in [6, 6.07) is 1.69. The molecule has 110 valence electrons. The van der Waals surface area contributed by atoms with Crippen molar-refractivity contribution in [1.29, 1.82) is 0 Å². The maximum absolute atomic E-state index is 10.9. The molecule has 1 aromatic rings. The van der Waals surface area contributed by atoms with Crippen molar-refractivity contribution in [3.8, 4) is 0 Å². The number of carboxylic acid groups (broad SMARTS) is 1. The van der Waals surface area contributed by atoms with Gasteiger partial charge < -0.3 is 20.9 Å². The van der Waals surface area contributed by atoms with Gasteiger partial charge in [-0.1, -0.05) is 6.92 Å². The summed E-state index contributed by atoms with van der Waals surface area (Å²) in [4.78, 5) is 14.9. The van der Waals surface area contributed by atoms with Gasteiger partial charge in [0.15, 0.2) is 0 Å². The molecule has 4 N–H and O–H groups in total. The van der Waals surface area contributed by atoms with Crippen molar-refractivity contribution in [1.82, 2.24) is 10.3 Å². The Hall–Kier alpha value is -1.82. The number of nitrogens with two attached hydrogens (primary N) is 1. The minimum absolute atomic E-state index is 0.106. The van der Waals surface area contributed by atoms with Crippen molar-refractivity contribution in [2.75, 3.05) is 12.8 Å². The molecule has 1 aromatic heterocycles. The number of methoxy groups -OCH3 is 1. The number of ether oxygens (including phenoxy) is 1. The Morgan fingerprint density at radius 1 is 1.55 bits per heavy atom. The van der Waals surface area contributed by atoms with Crippen LogP contribution in [-0.4, -0.2) is 35.4 Å². The second-order valence-corrected chi connectivity index (χ2v) is 5.41. The Balaban J connectivity index is 2.21. The molecule has 4 atom stereocenters. The molecule has 6 nitrogen and oxygen atoms in total. The van der Waals surface area contributed by atoms with E-state index in [-0.39, 0.29) is 24.0 Å². The fourth-order valence-corrected chi connectivity index (χ4v) is 3.26. The number of pyridine rings is 1. The number of nitrogens with zero attached hydrogens (tertiary/aromatic N) is 1. The van der Waals surface area contributed by atoms with Crippen molar-refractivity contribution >= 4 is 11.8 Å². The molecule has 1 amide bonds. The van der Waals surface area contributed by atoms with Crippen LogP contribution in [0.1, 0.15) is 31.2 Å². The number of anilines is 1. The average Bonchev–Trinajstić information content (AvgIpc) is 2.38. The second kappa shape index (κ2) is 6.09. The first-order valence-corrected chi connectivity index (χ1v) is 6.74. The van der Waals surface area contributed by atoms with E-state index < -0.39 is 6.09 Å². The van der Waals surface area contributed by atoms with Gasteiger partial charge in [-0.25, -0.2) is 4.79 Å². The van der Waals surface area contributed by atoms with Crippen molar-refractivity contribution in [3.63, 3.8) is 0 Å². The molecule has 0 saturated heterocycles. The third-order valence-electron chi connectivity index (χ3n) is 4.06. The lowest BCUT2D eigenvalue weighted by Crippen LogP contribution is -2.50. The standard InChI is InChI=1S/C14H21N3O3/c1-8-5-9(10-3-4-16-7-11(10)15)6-12(13(8)20-2)17-14(18)19/h3-4,7-9,12-13,17H,5-6,15H2,1-2H3,(H,18,19)/t8-,9+,12+,13+/m1/s1. The monoisotopic (exact) mass is 279 g/mol. The van der Waals surface area contributed by atoms with Crippen LogP contribution in [0.2, 0.25) is 0 Å². The Bertz CT molecular complexity index is 480. The maximum atomic E-state index is 10.9. The van der Waals surface area contributed by atoms with Crippen LogP contribution in [0.5, 0.6) is 0 Å². The highest BCUT2D eigenvalue weighted by atomic mass is 16.5. The van der Waals surface area contributed by atoms with Crippen LogP contribution in [0.4, 0.5) is 10.5 Å². The van der Waals surface area contributed by atoms with Crippen molar-refractivity contribution in [2.45, 2.75) is 37.8 Å². The van der Waals surface area contributed by atoms with E-state index in [9.17, 15) is 4.79 Å². The summed E-state index contributed by atoms with van der Waals surface area (Å²) in [5.74, 6) is 0.472. The fraction of sp³-hybridized carbons (Fsp3) is 0.571. The molecular weight excluding hydrogens is 258 g/mol. The minimum Gasteiger partial charge on any atom is -0.465 e. The third kappa shape index (κ3) is 3.01. The number of carbonyl (C=O) groups is 1. The van der Waals surface area contributed by atoms with Gasteiger partial charge in [0.05, 0.1) is 24.0 Å². The highest BCUT2D eigenvalue weighted by molar-refractivity contribution is 5.65. The first-order valence-electron chi connectivity index (χ1n) is 6.74. The zero-order valence-corrected chi connectivity index (χ0v) is 11.7. The van der Waals surface area contributed by atoms with Gasteiger partial charge >= 0.3 is 6.09 Å². The quantitative estimate of drug-likeness (QED) is 0.784. The third-order valence-corrected chi connectivity index (χ3v) is 4.06. The molecule has 0 aliphatic heterocycles. The van der Waals surface area contributed by atoms with Crippen LogP contribution in [0.3, 0.4) is 0 Å². The predicted octanol–water partition coefficient (Wildman–Crippen LogP) is 1.83. The van der Waals surface area contributed by atoms with E-state index in [0.717, 1.165) is 12.0 Å². The Labute approximate surface area is 118 Å². The molecule has 1 saturated carbocycles. The molecule has 0 unspecified atom stereocenters. The van der Waals surface area contributed by atoms with E-state index >= 15 is 0 Å². The van der Waals surface area contributed by atoms with E-state index in [1.807, 2.05) is 6.07 Å². The Morgan fingerprint density at radius 3 is 2.90 bits per heavy atom. The van der Waals surface area contributed by atoms with Crippen molar-refractivity contribution in [2.24, 2.45) is 5.92 Å². The lowest BCUT2D eigenvalue weighted by molar-refractivity contribution is -0.000236. The highest BCUT2D eigenvalue weighted by Crippen LogP contribution is 2.39. The second-order valence-electron chi connectivity index (χ2n) is 5.41. The average molecular weight is 279 g/mol. The molecule has 0 radical (unpaired) electrons. The van der Waals surface area contributed by atoms with Gasteiger partial charge in [-0.05, 0) is 36.3 Å². The van der Waals surface area contributed by atoms with Gasteiger partial charge in [0.2, 0.25) is 0 Å². The SMILES string of the molecule is CO[C@H]1[C@H](C)C[C@H](c2ccncc2N)C[C@@H]1NC(=O)O. The highest BCUT2D eigenvalue weighted by Gasteiger charge is 2.37. The number of aromatic nitrogens is 1. The van der Waals surface area contributed by atoms with Crippen LogP contribution in [0, 0.1) is 5.92 Å². The zero-order chi connectivity index (χ0) is 14.7. The maximum Gasteiger partial charge on any atom is 0.404 e. The van der Waals surface area contributed by atoms with Crippen LogP contribution in [-0.2, 0) is 4.74 Å². The summed E-state index contributed by atoms with van der Waals surface area (Å²) in [6.45, 7) is 2.08. The van der Waals surface area contributed by atoms with Crippen LogP contribution in [0.25, 0.3) is 0 Å². The summed E-state index contributed by atoms with van der Waals surface area (Å²) in [5.41, 5.74) is 7.68. The molecule has 0 aromatic carbocycles. The van der Waals surface area contributed by atoms with E-state index in [0.29, 0.717) is 12.1 Å². The van der Waals surface area contributed by atoms with Crippen LogP contribution in [0.15, 0.2) is 18.5 Å². The van der Waals surface area contributed by atoms with Gasteiger partial charge in [0.25, 0.3) is 0 Å². The summed E-state index contributed by atoms with van der Waals surface area (Å²) >= 11 is 0. The van der Waals surface area contributed by atoms with E-state index in [2.05, 4.69) is 17.2 Å². The van der Waals surface area contributed by atoms with E-state index in [4.69, 9.17) is 15.6 Å². The topological polar surface area (TPSA) is 97.5 Å². The van der Waals surface area contributed by atoms with E-state index in [1.54, 1.807) is 19.5 Å². The number of amides is 1. The molecule has 1 aliphatic rings. The van der Waals surface area contributed by atoms with Crippen molar-refractivity contribution in [3.05, 3.63) is 24.0 Å². The Morgan fingerprint density at radius 2 is 2.30 bits per heavy atom. The molecule has 0 bridgehead atoms. The first kappa shape index (κ1) is 14.6. The number of rotatable bonds is 3. The molecule has 20 heavy (non-hydrogen) atoms. The van der Waals surface area contributed by atoms with Crippen molar-refractivity contribution < 1.29 is 14.6 Å². The van der Waals surface area contributed by atoms with Crippen LogP contribution >= 0.6 is 0 Å². The predicted molar refractivity (Wildman–Crippen MR) is 75.5 cm³/mol. The number of hydrogen-bond acceptors (Lipinski definition) is 4. The number of hydrogen-bond donors (Lipinski definition) is 3. The largest absolute Gasteiger partial charge is 0.465 e. The molecule has 6 heteroatoms.